The summed E-state index contributed by atoms with van der Waals surface area (Å²) in [6.07, 6.45) is 8.83. The molecule has 0 N–H and O–H groups in total. The summed E-state index contributed by atoms with van der Waals surface area (Å²) in [5.41, 5.74) is 1.42. The first kappa shape index (κ1) is 22.1. The maximum atomic E-state index is 12.4. The van der Waals surface area contributed by atoms with Gasteiger partial charge in [-0.05, 0) is 76.6 Å². The van der Waals surface area contributed by atoms with Crippen LogP contribution in [0.5, 0.6) is 5.75 Å². The number of carbonyl (C=O) groups is 1. The normalized spacial score (nSPS) is 18.2. The zero-order valence-electron chi connectivity index (χ0n) is 18.4. The predicted molar refractivity (Wildman–Crippen MR) is 121 cm³/mol. The van der Waals surface area contributed by atoms with E-state index in [9.17, 15) is 4.79 Å². The SMILES string of the molecule is Cc1cc([S+]2CCCC2)cc(C)c1OCC(=O)OC(C)(C)C#CC1CCCCC1. The van der Waals surface area contributed by atoms with E-state index in [-0.39, 0.29) is 12.6 Å². The number of hydrogen-bond donors (Lipinski definition) is 0. The fraction of sp³-hybridized carbons (Fsp3) is 0.640. The van der Waals surface area contributed by atoms with Crippen LogP contribution in [-0.4, -0.2) is 29.7 Å². The predicted octanol–water partition coefficient (Wildman–Crippen LogP) is 5.36. The van der Waals surface area contributed by atoms with Gasteiger partial charge < -0.3 is 9.47 Å². The fourth-order valence-electron chi connectivity index (χ4n) is 4.19. The minimum Gasteiger partial charge on any atom is -0.481 e. The average molecular weight is 416 g/mol. The van der Waals surface area contributed by atoms with Crippen LogP contribution in [-0.2, 0) is 20.4 Å². The molecule has 29 heavy (non-hydrogen) atoms. The van der Waals surface area contributed by atoms with Gasteiger partial charge in [0.2, 0.25) is 0 Å². The molecule has 3 rings (SSSR count). The van der Waals surface area contributed by atoms with Gasteiger partial charge in [-0.15, -0.1) is 0 Å². The van der Waals surface area contributed by atoms with Crippen molar-refractivity contribution in [3.8, 4) is 17.6 Å². The molecule has 0 aromatic heterocycles. The van der Waals surface area contributed by atoms with Crippen LogP contribution >= 0.6 is 0 Å². The Labute approximate surface area is 179 Å². The molecule has 0 bridgehead atoms. The standard InChI is InChI=1S/C25H35O3S/c1-19-16-22(29-14-8-9-15-29)17-20(2)24(19)27-18-23(26)28-25(3,4)13-12-21-10-6-5-7-11-21/h16-17,21H,5-11,14-15,18H2,1-4H3/q+1. The Bertz CT molecular complexity index is 752. The molecule has 1 heterocycles. The van der Waals surface area contributed by atoms with Crippen molar-refractivity contribution in [3.05, 3.63) is 23.3 Å². The number of esters is 1. The number of rotatable bonds is 5. The maximum Gasteiger partial charge on any atom is 0.345 e. The Kier molecular flexibility index (Phi) is 7.57. The maximum absolute atomic E-state index is 12.4. The summed E-state index contributed by atoms with van der Waals surface area (Å²) in [5, 5.41) is 0. The summed E-state index contributed by atoms with van der Waals surface area (Å²) in [7, 11) is 0.387. The van der Waals surface area contributed by atoms with Gasteiger partial charge in [0.15, 0.2) is 17.1 Å². The highest BCUT2D eigenvalue weighted by molar-refractivity contribution is 7.97. The third kappa shape index (κ3) is 6.44. The second kappa shape index (κ2) is 9.94. The minimum atomic E-state index is -0.782. The lowest BCUT2D eigenvalue weighted by Gasteiger charge is -2.21. The molecule has 1 aliphatic carbocycles. The van der Waals surface area contributed by atoms with Gasteiger partial charge in [0.05, 0.1) is 0 Å². The average Bonchev–Trinajstić information content (AvgIpc) is 3.21. The van der Waals surface area contributed by atoms with E-state index in [1.54, 1.807) is 0 Å². The van der Waals surface area contributed by atoms with Crippen LogP contribution in [0, 0.1) is 31.6 Å². The Morgan fingerprint density at radius 3 is 2.31 bits per heavy atom. The van der Waals surface area contributed by atoms with E-state index in [1.165, 1.54) is 48.5 Å². The summed E-state index contributed by atoms with van der Waals surface area (Å²) < 4.78 is 11.5. The molecule has 0 atom stereocenters. The molecule has 158 valence electrons. The largest absolute Gasteiger partial charge is 0.481 e. The molecular formula is C25H35O3S+. The van der Waals surface area contributed by atoms with Crippen LogP contribution in [0.4, 0.5) is 0 Å². The van der Waals surface area contributed by atoms with Crippen molar-refractivity contribution >= 4 is 16.9 Å². The molecule has 2 fully saturated rings. The quantitative estimate of drug-likeness (QED) is 0.369. The summed E-state index contributed by atoms with van der Waals surface area (Å²) in [6.45, 7) is 7.76. The highest BCUT2D eigenvalue weighted by Gasteiger charge is 2.28. The molecule has 3 nitrogen and oxygen atoms in total. The Morgan fingerprint density at radius 2 is 1.69 bits per heavy atom. The van der Waals surface area contributed by atoms with Gasteiger partial charge in [-0.1, -0.05) is 31.1 Å². The van der Waals surface area contributed by atoms with E-state index in [2.05, 4.69) is 37.8 Å². The van der Waals surface area contributed by atoms with E-state index < -0.39 is 5.60 Å². The van der Waals surface area contributed by atoms with E-state index in [0.717, 1.165) is 29.7 Å². The first-order chi connectivity index (χ1) is 13.8. The van der Waals surface area contributed by atoms with Crippen LogP contribution in [0.3, 0.4) is 0 Å². The molecule has 2 aliphatic rings. The molecule has 4 heteroatoms. The van der Waals surface area contributed by atoms with E-state index in [4.69, 9.17) is 9.47 Å². The number of carbonyl (C=O) groups excluding carboxylic acids is 1. The van der Waals surface area contributed by atoms with Gasteiger partial charge in [0.1, 0.15) is 17.3 Å². The van der Waals surface area contributed by atoms with Crippen LogP contribution in [0.15, 0.2) is 17.0 Å². The highest BCUT2D eigenvalue weighted by Crippen LogP contribution is 2.31. The van der Waals surface area contributed by atoms with E-state index in [1.807, 2.05) is 13.8 Å². The lowest BCUT2D eigenvalue weighted by molar-refractivity contribution is -0.154. The summed E-state index contributed by atoms with van der Waals surface area (Å²) in [5.74, 6) is 10.00. The topological polar surface area (TPSA) is 35.5 Å². The number of aryl methyl sites for hydroxylation is 2. The van der Waals surface area contributed by atoms with Crippen LogP contribution < -0.4 is 4.74 Å². The van der Waals surface area contributed by atoms with Gasteiger partial charge in [-0.25, -0.2) is 4.79 Å². The minimum absolute atomic E-state index is 0.0821. The van der Waals surface area contributed by atoms with Gasteiger partial charge in [-0.2, -0.15) is 0 Å². The van der Waals surface area contributed by atoms with Crippen molar-refractivity contribution in [1.82, 2.24) is 0 Å². The second-order valence-electron chi connectivity index (χ2n) is 8.87. The van der Waals surface area contributed by atoms with E-state index in [0.29, 0.717) is 16.8 Å². The van der Waals surface area contributed by atoms with Crippen molar-refractivity contribution in [2.24, 2.45) is 5.92 Å². The number of ether oxygens (including phenoxy) is 2. The van der Waals surface area contributed by atoms with Crippen molar-refractivity contribution in [3.63, 3.8) is 0 Å². The molecule has 0 unspecified atom stereocenters. The zero-order chi connectivity index (χ0) is 20.9. The van der Waals surface area contributed by atoms with Crippen LogP contribution in [0.2, 0.25) is 0 Å². The fourth-order valence-corrected chi connectivity index (χ4v) is 6.66. The van der Waals surface area contributed by atoms with Crippen molar-refractivity contribution < 1.29 is 14.3 Å². The summed E-state index contributed by atoms with van der Waals surface area (Å²) in [4.78, 5) is 13.8. The third-order valence-corrected chi connectivity index (χ3v) is 8.15. The summed E-state index contributed by atoms with van der Waals surface area (Å²) >= 11 is 0. The molecule has 1 aromatic rings. The van der Waals surface area contributed by atoms with Crippen LogP contribution in [0.25, 0.3) is 0 Å². The highest BCUT2D eigenvalue weighted by atomic mass is 32.2. The van der Waals surface area contributed by atoms with Crippen molar-refractivity contribution in [2.75, 3.05) is 18.1 Å². The van der Waals surface area contributed by atoms with Gasteiger partial charge in [0.25, 0.3) is 0 Å². The third-order valence-electron chi connectivity index (χ3n) is 5.68. The van der Waals surface area contributed by atoms with Gasteiger partial charge in [-0.3, -0.25) is 0 Å². The Balaban J connectivity index is 1.55. The lowest BCUT2D eigenvalue weighted by atomic mass is 9.89. The molecule has 1 saturated heterocycles. The summed E-state index contributed by atoms with van der Waals surface area (Å²) in [6, 6.07) is 4.48. The number of hydrogen-bond acceptors (Lipinski definition) is 3. The second-order valence-corrected chi connectivity index (χ2v) is 11.1. The van der Waals surface area contributed by atoms with Crippen molar-refractivity contribution in [1.29, 1.82) is 0 Å². The first-order valence-corrected chi connectivity index (χ1v) is 12.6. The smallest absolute Gasteiger partial charge is 0.345 e. The Morgan fingerprint density at radius 1 is 1.07 bits per heavy atom. The van der Waals surface area contributed by atoms with Crippen LogP contribution in [0.1, 0.15) is 69.9 Å². The zero-order valence-corrected chi connectivity index (χ0v) is 19.3. The van der Waals surface area contributed by atoms with Gasteiger partial charge in [0, 0.05) is 16.8 Å². The molecule has 1 aliphatic heterocycles. The molecule has 0 amide bonds. The van der Waals surface area contributed by atoms with E-state index >= 15 is 0 Å². The lowest BCUT2D eigenvalue weighted by Crippen LogP contribution is -2.29. The van der Waals surface area contributed by atoms with Gasteiger partial charge >= 0.3 is 5.97 Å². The molecule has 1 saturated carbocycles. The monoisotopic (exact) mass is 415 g/mol. The molecular weight excluding hydrogens is 380 g/mol. The molecule has 0 spiro atoms. The number of benzene rings is 1. The molecule has 0 radical (unpaired) electrons. The Hall–Kier alpha value is -1.60. The van der Waals surface area contributed by atoms with Crippen molar-refractivity contribution in [2.45, 2.75) is 83.1 Å². The molecule has 1 aromatic carbocycles. The first-order valence-electron chi connectivity index (χ1n) is 11.0.